The molecule has 4 nitrogen and oxygen atoms in total. The lowest BCUT2D eigenvalue weighted by Gasteiger charge is -2.17. The molecule has 5 heteroatoms. The third-order valence-corrected chi connectivity index (χ3v) is 4.98. The Bertz CT molecular complexity index is 896. The fourth-order valence-electron chi connectivity index (χ4n) is 2.85. The van der Waals surface area contributed by atoms with Gasteiger partial charge < -0.3 is 14.8 Å². The van der Waals surface area contributed by atoms with E-state index in [1.807, 2.05) is 50.4 Å². The van der Waals surface area contributed by atoms with Gasteiger partial charge in [0, 0.05) is 34.3 Å². The van der Waals surface area contributed by atoms with Crippen LogP contribution in [0, 0.1) is 6.92 Å². The molecule has 0 aliphatic rings. The van der Waals surface area contributed by atoms with Gasteiger partial charge in [0.25, 0.3) is 0 Å². The summed E-state index contributed by atoms with van der Waals surface area (Å²) in [6, 6.07) is 14.1. The molecule has 0 radical (unpaired) electrons. The van der Waals surface area contributed by atoms with Gasteiger partial charge in [-0.15, -0.1) is 11.8 Å². The molecule has 1 aromatic heterocycles. The molecule has 0 aliphatic heterocycles. The zero-order valence-electron chi connectivity index (χ0n) is 14.9. The first-order valence-corrected chi connectivity index (χ1v) is 9.31. The van der Waals surface area contributed by atoms with Crippen LogP contribution in [0.5, 0.6) is 11.5 Å². The van der Waals surface area contributed by atoms with Crippen LogP contribution in [0.25, 0.3) is 10.9 Å². The summed E-state index contributed by atoms with van der Waals surface area (Å²) in [5.41, 5.74) is 3.96. The van der Waals surface area contributed by atoms with Crippen molar-refractivity contribution in [3.63, 3.8) is 0 Å². The quantitative estimate of drug-likeness (QED) is 0.638. The van der Waals surface area contributed by atoms with E-state index >= 15 is 0 Å². The molecule has 1 N–H and O–H groups in total. The Balaban J connectivity index is 1.98. The number of nitrogens with one attached hydrogen (secondary N) is 1. The van der Waals surface area contributed by atoms with Crippen LogP contribution < -0.4 is 14.8 Å². The van der Waals surface area contributed by atoms with E-state index in [0.717, 1.165) is 44.2 Å². The Morgan fingerprint density at radius 1 is 1.08 bits per heavy atom. The number of anilines is 1. The lowest BCUT2D eigenvalue weighted by Crippen LogP contribution is -2.04. The molecule has 0 spiro atoms. The minimum atomic E-state index is 0.420. The van der Waals surface area contributed by atoms with Crippen molar-refractivity contribution in [3.8, 4) is 11.5 Å². The van der Waals surface area contributed by atoms with Crippen LogP contribution in [-0.4, -0.2) is 25.4 Å². The summed E-state index contributed by atoms with van der Waals surface area (Å²) >= 11 is 1.68. The van der Waals surface area contributed by atoms with Gasteiger partial charge in [-0.1, -0.05) is 18.2 Å². The molecule has 0 aliphatic carbocycles. The maximum Gasteiger partial charge on any atom is 0.146 e. The van der Waals surface area contributed by atoms with Crippen LogP contribution in [0.2, 0.25) is 0 Å². The number of pyridine rings is 1. The Labute approximate surface area is 152 Å². The number of ether oxygens (including phenoxy) is 2. The maximum atomic E-state index is 6.16. The number of nitrogens with zero attached hydrogens (tertiary/aromatic N) is 1. The monoisotopic (exact) mass is 354 g/mol. The van der Waals surface area contributed by atoms with Gasteiger partial charge >= 0.3 is 0 Å². The molecule has 1 heterocycles. The van der Waals surface area contributed by atoms with Crippen molar-refractivity contribution in [2.45, 2.75) is 18.4 Å². The number of thioether (sulfide) groups is 1. The van der Waals surface area contributed by atoms with Gasteiger partial charge in [-0.05, 0) is 37.4 Å². The maximum absolute atomic E-state index is 6.16. The number of para-hydroxylation sites is 1. The molecule has 130 valence electrons. The highest BCUT2D eigenvalue weighted by atomic mass is 32.2. The Kier molecular flexibility index (Phi) is 5.34. The number of aryl methyl sites for hydroxylation is 1. The number of fused-ring (bicyclic) bond motifs is 1. The number of aromatic nitrogens is 1. The van der Waals surface area contributed by atoms with Crippen molar-refractivity contribution in [2.24, 2.45) is 0 Å². The molecule has 0 bridgehead atoms. The van der Waals surface area contributed by atoms with E-state index in [-0.39, 0.29) is 0 Å². The summed E-state index contributed by atoms with van der Waals surface area (Å²) in [5.74, 6) is 1.61. The Morgan fingerprint density at radius 3 is 2.64 bits per heavy atom. The van der Waals surface area contributed by atoms with E-state index in [0.29, 0.717) is 6.61 Å². The molecule has 0 saturated heterocycles. The van der Waals surface area contributed by atoms with Gasteiger partial charge in [0.1, 0.15) is 23.6 Å². The van der Waals surface area contributed by atoms with Crippen molar-refractivity contribution in [2.75, 3.05) is 25.7 Å². The normalized spacial score (nSPS) is 10.7. The molecular formula is C20H22N2O2S. The summed E-state index contributed by atoms with van der Waals surface area (Å²) in [4.78, 5) is 5.76. The fourth-order valence-corrected chi connectivity index (χ4v) is 3.65. The van der Waals surface area contributed by atoms with Crippen molar-refractivity contribution in [3.05, 3.63) is 53.7 Å². The number of methoxy groups -OCH3 is 1. The van der Waals surface area contributed by atoms with Crippen molar-refractivity contribution in [1.82, 2.24) is 4.98 Å². The van der Waals surface area contributed by atoms with Crippen LogP contribution in [0.1, 0.15) is 11.3 Å². The van der Waals surface area contributed by atoms with Gasteiger partial charge in [0.2, 0.25) is 0 Å². The van der Waals surface area contributed by atoms with E-state index in [2.05, 4.69) is 22.6 Å². The molecule has 0 fully saturated rings. The second kappa shape index (κ2) is 7.66. The van der Waals surface area contributed by atoms with E-state index in [1.165, 1.54) is 0 Å². The number of rotatable bonds is 6. The molecule has 0 amide bonds. The Hall–Kier alpha value is -2.40. The minimum Gasteiger partial charge on any atom is -0.496 e. The number of hydrogen-bond acceptors (Lipinski definition) is 5. The highest BCUT2D eigenvalue weighted by Crippen LogP contribution is 2.36. The summed E-state index contributed by atoms with van der Waals surface area (Å²) in [5, 5.41) is 4.30. The van der Waals surface area contributed by atoms with E-state index < -0.39 is 0 Å². The highest BCUT2D eigenvalue weighted by molar-refractivity contribution is 7.98. The molecular weight excluding hydrogens is 332 g/mol. The molecule has 0 unspecified atom stereocenters. The number of hydrogen-bond donors (Lipinski definition) is 1. The average Bonchev–Trinajstić information content (AvgIpc) is 2.65. The van der Waals surface area contributed by atoms with Gasteiger partial charge in [0.15, 0.2) is 0 Å². The van der Waals surface area contributed by atoms with Crippen molar-refractivity contribution < 1.29 is 9.47 Å². The van der Waals surface area contributed by atoms with Gasteiger partial charge in [-0.3, -0.25) is 0 Å². The number of benzene rings is 2. The minimum absolute atomic E-state index is 0.420. The van der Waals surface area contributed by atoms with E-state index in [1.54, 1.807) is 18.9 Å². The van der Waals surface area contributed by atoms with E-state index in [9.17, 15) is 0 Å². The first-order chi connectivity index (χ1) is 12.2. The van der Waals surface area contributed by atoms with Crippen LogP contribution in [0.15, 0.2) is 47.4 Å². The molecule has 3 rings (SSSR count). The predicted octanol–water partition coefficient (Wildman–Crippen LogP) is 4.89. The van der Waals surface area contributed by atoms with Gasteiger partial charge in [-0.25, -0.2) is 4.98 Å². The first kappa shape index (κ1) is 17.4. The third-order valence-electron chi connectivity index (χ3n) is 4.11. The largest absolute Gasteiger partial charge is 0.496 e. The summed E-state index contributed by atoms with van der Waals surface area (Å²) in [6.07, 6.45) is 2.06. The molecule has 25 heavy (non-hydrogen) atoms. The van der Waals surface area contributed by atoms with Crippen LogP contribution in [-0.2, 0) is 6.61 Å². The first-order valence-electron chi connectivity index (χ1n) is 8.08. The Morgan fingerprint density at radius 2 is 1.92 bits per heavy atom. The van der Waals surface area contributed by atoms with Crippen LogP contribution >= 0.6 is 11.8 Å². The summed E-state index contributed by atoms with van der Waals surface area (Å²) in [7, 11) is 3.61. The van der Waals surface area contributed by atoms with Crippen LogP contribution in [0.4, 0.5) is 5.69 Å². The van der Waals surface area contributed by atoms with Gasteiger partial charge in [0.05, 0.1) is 7.11 Å². The topological polar surface area (TPSA) is 43.4 Å². The third kappa shape index (κ3) is 3.51. The second-order valence-electron chi connectivity index (χ2n) is 5.65. The average molecular weight is 354 g/mol. The summed E-state index contributed by atoms with van der Waals surface area (Å²) in [6.45, 7) is 2.41. The van der Waals surface area contributed by atoms with Crippen molar-refractivity contribution >= 4 is 28.4 Å². The van der Waals surface area contributed by atoms with Crippen LogP contribution in [0.3, 0.4) is 0 Å². The summed E-state index contributed by atoms with van der Waals surface area (Å²) < 4.78 is 11.7. The fraction of sp³-hybridized carbons (Fsp3) is 0.250. The van der Waals surface area contributed by atoms with Crippen molar-refractivity contribution in [1.29, 1.82) is 0 Å². The lowest BCUT2D eigenvalue weighted by atomic mass is 10.1. The van der Waals surface area contributed by atoms with Gasteiger partial charge in [-0.2, -0.15) is 0 Å². The highest BCUT2D eigenvalue weighted by Gasteiger charge is 2.14. The zero-order valence-corrected chi connectivity index (χ0v) is 15.7. The molecule has 0 atom stereocenters. The SMILES string of the molecule is CNc1ccc(OC)c(COc2cccc3ccc(C)nc23)c1SC. The lowest BCUT2D eigenvalue weighted by molar-refractivity contribution is 0.296. The second-order valence-corrected chi connectivity index (χ2v) is 6.46. The predicted molar refractivity (Wildman–Crippen MR) is 105 cm³/mol. The molecule has 3 aromatic rings. The molecule has 0 saturated carbocycles. The smallest absolute Gasteiger partial charge is 0.146 e. The molecule has 2 aromatic carbocycles. The standard InChI is InChI=1S/C20H22N2O2S/c1-13-8-9-14-6-5-7-18(19(14)22-13)24-12-15-17(23-3)11-10-16(21-2)20(15)25-4/h5-11,21H,12H2,1-4H3. The zero-order chi connectivity index (χ0) is 17.8. The van der Waals surface area contributed by atoms with E-state index in [4.69, 9.17) is 9.47 Å².